The Labute approximate surface area is 70.1 Å². The topological polar surface area (TPSA) is 29.0 Å². The van der Waals surface area contributed by atoms with Crippen LogP contribution in [-0.4, -0.2) is 28.7 Å². The number of likely N-dealkylation sites (tertiary alicyclic amines) is 1. The van der Waals surface area contributed by atoms with E-state index in [0.717, 1.165) is 0 Å². The summed E-state index contributed by atoms with van der Waals surface area (Å²) in [6.07, 6.45) is 2.53. The molecule has 0 radical (unpaired) electrons. The lowest BCUT2D eigenvalue weighted by Crippen LogP contribution is -2.17. The maximum absolute atomic E-state index is 4.08. The summed E-state index contributed by atoms with van der Waals surface area (Å²) in [5.41, 5.74) is 1.81. The molecule has 60 valence electrons. The van der Waals surface area contributed by atoms with Crippen molar-refractivity contribution in [1.82, 2.24) is 15.1 Å². The second-order valence-electron chi connectivity index (χ2n) is 2.92. The Morgan fingerprint density at radius 3 is 3.18 bits per heavy atom. The van der Waals surface area contributed by atoms with E-state index in [0.29, 0.717) is 6.04 Å². The molecule has 11 heavy (non-hydrogen) atoms. The first-order valence-electron chi connectivity index (χ1n) is 3.84. The van der Waals surface area contributed by atoms with E-state index in [2.05, 4.69) is 22.1 Å². The predicted octanol–water partition coefficient (Wildman–Crippen LogP) is 1.30. The van der Waals surface area contributed by atoms with E-state index >= 15 is 0 Å². The molecule has 0 unspecified atom stereocenters. The van der Waals surface area contributed by atoms with Gasteiger partial charge in [-0.3, -0.25) is 4.90 Å². The average molecular weight is 169 g/mol. The summed E-state index contributed by atoms with van der Waals surface area (Å²) in [7, 11) is 2.15. The Kier molecular flexibility index (Phi) is 1.87. The second kappa shape index (κ2) is 2.87. The lowest BCUT2D eigenvalue weighted by Gasteiger charge is -2.15. The zero-order chi connectivity index (χ0) is 7.68. The molecule has 1 aromatic rings. The summed E-state index contributed by atoms with van der Waals surface area (Å²) in [5.74, 6) is 0. The molecular formula is C7H11N3S. The van der Waals surface area contributed by atoms with Crippen molar-refractivity contribution in [1.29, 1.82) is 0 Å². The summed E-state index contributed by atoms with van der Waals surface area (Å²) in [5, 5.41) is 9.09. The average Bonchev–Trinajstić information content (AvgIpc) is 2.55. The maximum Gasteiger partial charge on any atom is 0.134 e. The third-order valence-electron chi connectivity index (χ3n) is 2.18. The summed E-state index contributed by atoms with van der Waals surface area (Å²) < 4.78 is 0. The van der Waals surface area contributed by atoms with E-state index < -0.39 is 0 Å². The van der Waals surface area contributed by atoms with Crippen molar-refractivity contribution >= 4 is 11.3 Å². The van der Waals surface area contributed by atoms with Crippen LogP contribution in [0.25, 0.3) is 0 Å². The van der Waals surface area contributed by atoms with Gasteiger partial charge in [-0.25, -0.2) is 0 Å². The molecule has 0 bridgehead atoms. The molecule has 0 aliphatic carbocycles. The van der Waals surface area contributed by atoms with Gasteiger partial charge in [0.25, 0.3) is 0 Å². The Balaban J connectivity index is 2.16. The molecular weight excluding hydrogens is 158 g/mol. The minimum atomic E-state index is 0.544. The molecule has 0 spiro atoms. The molecule has 2 heterocycles. The van der Waals surface area contributed by atoms with Crippen molar-refractivity contribution in [2.75, 3.05) is 13.6 Å². The van der Waals surface area contributed by atoms with Crippen molar-refractivity contribution in [3.8, 4) is 0 Å². The van der Waals surface area contributed by atoms with Crippen LogP contribution in [0.5, 0.6) is 0 Å². The van der Waals surface area contributed by atoms with Crippen molar-refractivity contribution in [2.45, 2.75) is 18.9 Å². The van der Waals surface area contributed by atoms with Gasteiger partial charge in [-0.1, -0.05) is 0 Å². The smallest absolute Gasteiger partial charge is 0.134 e. The summed E-state index contributed by atoms with van der Waals surface area (Å²) >= 11 is 1.66. The van der Waals surface area contributed by atoms with Crippen molar-refractivity contribution < 1.29 is 0 Å². The summed E-state index contributed by atoms with van der Waals surface area (Å²) in [4.78, 5) is 2.35. The largest absolute Gasteiger partial charge is 0.297 e. The second-order valence-corrected chi connectivity index (χ2v) is 3.78. The number of aromatic nitrogens is 2. The zero-order valence-electron chi connectivity index (χ0n) is 6.53. The van der Waals surface area contributed by atoms with E-state index in [4.69, 9.17) is 0 Å². The van der Waals surface area contributed by atoms with E-state index in [1.165, 1.54) is 24.4 Å². The fourth-order valence-corrected chi connectivity index (χ4v) is 2.30. The minimum Gasteiger partial charge on any atom is -0.297 e. The van der Waals surface area contributed by atoms with Gasteiger partial charge in [0.1, 0.15) is 10.5 Å². The first-order valence-corrected chi connectivity index (χ1v) is 4.72. The van der Waals surface area contributed by atoms with E-state index in [1.807, 2.05) is 5.51 Å². The highest BCUT2D eigenvalue weighted by atomic mass is 32.1. The monoisotopic (exact) mass is 169 g/mol. The number of hydrogen-bond acceptors (Lipinski definition) is 4. The standard InChI is InChI=1S/C7H11N3S/c1-10-4-2-3-6(10)7-9-8-5-11-7/h5-6H,2-4H2,1H3/t6-/m1/s1. The van der Waals surface area contributed by atoms with Crippen LogP contribution in [0.3, 0.4) is 0 Å². The summed E-state index contributed by atoms with van der Waals surface area (Å²) in [6, 6.07) is 0.544. The highest BCUT2D eigenvalue weighted by Crippen LogP contribution is 2.30. The van der Waals surface area contributed by atoms with Crippen molar-refractivity contribution in [3.05, 3.63) is 10.5 Å². The molecule has 1 fully saturated rings. The maximum atomic E-state index is 4.08. The number of nitrogens with zero attached hydrogens (tertiary/aromatic N) is 3. The molecule has 1 saturated heterocycles. The van der Waals surface area contributed by atoms with Crippen LogP contribution >= 0.6 is 11.3 Å². The Morgan fingerprint density at radius 1 is 1.73 bits per heavy atom. The molecule has 4 heteroatoms. The van der Waals surface area contributed by atoms with Gasteiger partial charge < -0.3 is 0 Å². The predicted molar refractivity (Wildman–Crippen MR) is 44.5 cm³/mol. The fourth-order valence-electron chi connectivity index (χ4n) is 1.55. The van der Waals surface area contributed by atoms with Gasteiger partial charge in [-0.2, -0.15) is 0 Å². The van der Waals surface area contributed by atoms with Crippen LogP contribution in [0.4, 0.5) is 0 Å². The molecule has 1 aliphatic heterocycles. The highest BCUT2D eigenvalue weighted by Gasteiger charge is 2.24. The fraction of sp³-hybridized carbons (Fsp3) is 0.714. The molecule has 3 nitrogen and oxygen atoms in total. The first kappa shape index (κ1) is 7.18. The van der Waals surface area contributed by atoms with Crippen LogP contribution in [0.15, 0.2) is 5.51 Å². The third-order valence-corrected chi connectivity index (χ3v) is 2.98. The van der Waals surface area contributed by atoms with Crippen LogP contribution < -0.4 is 0 Å². The molecule has 0 saturated carbocycles. The van der Waals surface area contributed by atoms with Crippen LogP contribution in [-0.2, 0) is 0 Å². The van der Waals surface area contributed by atoms with Gasteiger partial charge in [-0.15, -0.1) is 21.5 Å². The highest BCUT2D eigenvalue weighted by molar-refractivity contribution is 7.09. The number of hydrogen-bond donors (Lipinski definition) is 0. The normalized spacial score (nSPS) is 26.1. The van der Waals surface area contributed by atoms with Gasteiger partial charge >= 0.3 is 0 Å². The SMILES string of the molecule is CN1CCC[C@@H]1c1nncs1. The first-order chi connectivity index (χ1) is 5.38. The zero-order valence-corrected chi connectivity index (χ0v) is 7.34. The number of rotatable bonds is 1. The lowest BCUT2D eigenvalue weighted by atomic mass is 10.2. The minimum absolute atomic E-state index is 0.544. The molecule has 1 aliphatic rings. The van der Waals surface area contributed by atoms with Crippen LogP contribution in [0.2, 0.25) is 0 Å². The van der Waals surface area contributed by atoms with Gasteiger partial charge in [0.2, 0.25) is 0 Å². The van der Waals surface area contributed by atoms with Crippen molar-refractivity contribution in [2.24, 2.45) is 0 Å². The van der Waals surface area contributed by atoms with E-state index in [-0.39, 0.29) is 0 Å². The van der Waals surface area contributed by atoms with Gasteiger partial charge in [-0.05, 0) is 26.4 Å². The van der Waals surface area contributed by atoms with Gasteiger partial charge in [0.15, 0.2) is 0 Å². The molecule has 0 aromatic carbocycles. The Morgan fingerprint density at radius 2 is 2.64 bits per heavy atom. The molecule has 1 aromatic heterocycles. The van der Waals surface area contributed by atoms with Crippen LogP contribution in [0.1, 0.15) is 23.9 Å². The van der Waals surface area contributed by atoms with Crippen molar-refractivity contribution in [3.63, 3.8) is 0 Å². The quantitative estimate of drug-likeness (QED) is 0.634. The molecule has 1 atom stereocenters. The summed E-state index contributed by atoms with van der Waals surface area (Å²) in [6.45, 7) is 1.20. The molecule has 0 N–H and O–H groups in total. The van der Waals surface area contributed by atoms with E-state index in [9.17, 15) is 0 Å². The Bertz CT molecular complexity index is 222. The van der Waals surface area contributed by atoms with Gasteiger partial charge in [0, 0.05) is 0 Å². The molecule has 2 rings (SSSR count). The van der Waals surface area contributed by atoms with Crippen LogP contribution in [0, 0.1) is 0 Å². The lowest BCUT2D eigenvalue weighted by molar-refractivity contribution is 0.315. The third kappa shape index (κ3) is 1.28. The molecule has 0 amide bonds. The Hall–Kier alpha value is -0.480. The van der Waals surface area contributed by atoms with E-state index in [1.54, 1.807) is 11.3 Å². The van der Waals surface area contributed by atoms with Gasteiger partial charge in [0.05, 0.1) is 6.04 Å².